The van der Waals surface area contributed by atoms with Crippen molar-refractivity contribution in [3.05, 3.63) is 94.0 Å². The van der Waals surface area contributed by atoms with Gasteiger partial charge in [0.05, 0.1) is 5.52 Å². The minimum absolute atomic E-state index is 0.219. The summed E-state index contributed by atoms with van der Waals surface area (Å²) in [7, 11) is 0. The maximum atomic E-state index is 15.1. The second-order valence-corrected chi connectivity index (χ2v) is 10.0. The maximum Gasteiger partial charge on any atom is 0.490 e. The summed E-state index contributed by atoms with van der Waals surface area (Å²) in [6, 6.07) is 17.7. The number of benzene rings is 3. The van der Waals surface area contributed by atoms with Crippen LogP contribution in [0.15, 0.2) is 69.9 Å². The van der Waals surface area contributed by atoms with E-state index in [0.717, 1.165) is 42.5 Å². The molecule has 0 bridgehead atoms. The highest BCUT2D eigenvalue weighted by Crippen LogP contribution is 2.28. The van der Waals surface area contributed by atoms with Gasteiger partial charge in [-0.1, -0.05) is 31.2 Å². The molecule has 3 aromatic carbocycles. The van der Waals surface area contributed by atoms with Crippen molar-refractivity contribution < 1.29 is 36.3 Å². The second-order valence-electron chi connectivity index (χ2n) is 10.0. The van der Waals surface area contributed by atoms with Gasteiger partial charge in [-0.3, -0.25) is 9.88 Å². The number of nitrogens with one attached hydrogen (secondary N) is 2. The van der Waals surface area contributed by atoms with Crippen molar-refractivity contribution in [2.75, 3.05) is 6.54 Å². The number of aliphatic carboxylic acids is 1. The lowest BCUT2D eigenvalue weighted by Gasteiger charge is -2.35. The van der Waals surface area contributed by atoms with Crippen molar-refractivity contribution in [3.8, 4) is 11.1 Å². The van der Waals surface area contributed by atoms with Crippen LogP contribution in [0.25, 0.3) is 22.2 Å². The molecule has 7 nitrogen and oxygen atoms in total. The van der Waals surface area contributed by atoms with Crippen LogP contribution in [0, 0.1) is 11.6 Å². The lowest BCUT2D eigenvalue weighted by atomic mass is 9.98. The van der Waals surface area contributed by atoms with Crippen LogP contribution in [0.3, 0.4) is 0 Å². The van der Waals surface area contributed by atoms with Gasteiger partial charge >= 0.3 is 17.9 Å². The molecule has 1 aromatic heterocycles. The predicted molar refractivity (Wildman–Crippen MR) is 147 cm³/mol. The van der Waals surface area contributed by atoms with Gasteiger partial charge in [0.2, 0.25) is 0 Å². The standard InChI is InChI=1S/C28H29F2N3O2.C2HF3O2/c1-2-26(24-4-3-13-31-24)33(16-18-5-9-22(29)10-6-18)17-21-14-19(7-11-23(21)30)20-8-12-25-27(15-20)35-28(34)32-25;3-2(4,5)1(6)7/h5-12,14-15,24,26,31H,2-4,13,16-17H2,1H3,(H,32,34);(H,6,7). The van der Waals surface area contributed by atoms with E-state index in [1.807, 2.05) is 12.1 Å². The number of fused-ring (bicyclic) bond motifs is 1. The average Bonchev–Trinajstić information content (AvgIpc) is 3.60. The fourth-order valence-electron chi connectivity index (χ4n) is 5.17. The second kappa shape index (κ2) is 13.3. The summed E-state index contributed by atoms with van der Waals surface area (Å²) < 4.78 is 65.5. The van der Waals surface area contributed by atoms with Gasteiger partial charge in [-0.25, -0.2) is 18.4 Å². The van der Waals surface area contributed by atoms with Crippen LogP contribution in [-0.4, -0.2) is 45.8 Å². The largest absolute Gasteiger partial charge is 0.490 e. The fraction of sp³-hybridized carbons (Fsp3) is 0.333. The van der Waals surface area contributed by atoms with Crippen LogP contribution in [-0.2, 0) is 17.9 Å². The molecule has 0 aliphatic carbocycles. The Morgan fingerprint density at radius 3 is 2.33 bits per heavy atom. The number of rotatable bonds is 8. The molecule has 1 aliphatic heterocycles. The van der Waals surface area contributed by atoms with E-state index in [2.05, 4.69) is 22.1 Å². The highest BCUT2D eigenvalue weighted by molar-refractivity contribution is 5.80. The number of carboxylic acid groups (broad SMARTS) is 1. The van der Waals surface area contributed by atoms with Crippen LogP contribution in [0.4, 0.5) is 22.0 Å². The summed E-state index contributed by atoms with van der Waals surface area (Å²) in [4.78, 5) is 25.4. The number of alkyl halides is 3. The summed E-state index contributed by atoms with van der Waals surface area (Å²) in [6.45, 7) is 4.18. The Morgan fingerprint density at radius 2 is 1.71 bits per heavy atom. The van der Waals surface area contributed by atoms with E-state index in [9.17, 15) is 22.4 Å². The maximum absolute atomic E-state index is 15.1. The summed E-state index contributed by atoms with van der Waals surface area (Å²) in [6.07, 6.45) is -1.95. The Kier molecular flexibility index (Phi) is 9.79. The number of hydrogen-bond donors (Lipinski definition) is 3. The normalized spacial score (nSPS) is 15.9. The van der Waals surface area contributed by atoms with Crippen LogP contribution < -0.4 is 11.1 Å². The molecule has 5 rings (SSSR count). The Bertz CT molecular complexity index is 1560. The highest BCUT2D eigenvalue weighted by atomic mass is 19.4. The lowest BCUT2D eigenvalue weighted by Crippen LogP contribution is -2.46. The van der Waals surface area contributed by atoms with E-state index >= 15 is 4.39 Å². The Balaban J connectivity index is 0.000000517. The number of aromatic nitrogens is 1. The minimum Gasteiger partial charge on any atom is -0.475 e. The fourth-order valence-corrected chi connectivity index (χ4v) is 5.17. The Labute approximate surface area is 238 Å². The first-order chi connectivity index (χ1) is 19.9. The van der Waals surface area contributed by atoms with Gasteiger partial charge in [0.25, 0.3) is 0 Å². The minimum atomic E-state index is -5.08. The number of carboxylic acids is 1. The number of nitrogens with zero attached hydrogens (tertiary/aromatic N) is 1. The van der Waals surface area contributed by atoms with Crippen LogP contribution in [0.5, 0.6) is 0 Å². The molecular weight excluding hydrogens is 561 g/mol. The van der Waals surface area contributed by atoms with Gasteiger partial charge in [0.1, 0.15) is 11.6 Å². The predicted octanol–water partition coefficient (Wildman–Crippen LogP) is 6.23. The third-order valence-corrected chi connectivity index (χ3v) is 7.17. The lowest BCUT2D eigenvalue weighted by molar-refractivity contribution is -0.192. The van der Waals surface area contributed by atoms with E-state index < -0.39 is 17.9 Å². The number of hydrogen-bond acceptors (Lipinski definition) is 5. The first-order valence-electron chi connectivity index (χ1n) is 13.4. The molecular formula is C30H30F5N3O4. The number of carbonyl (C=O) groups is 1. The van der Waals surface area contributed by atoms with Crippen LogP contribution in [0.2, 0.25) is 0 Å². The molecule has 0 radical (unpaired) electrons. The van der Waals surface area contributed by atoms with Gasteiger partial charge in [-0.2, -0.15) is 13.2 Å². The van der Waals surface area contributed by atoms with E-state index in [-0.39, 0.29) is 17.7 Å². The molecule has 0 amide bonds. The molecule has 2 heterocycles. The molecule has 0 spiro atoms. The van der Waals surface area contributed by atoms with Crippen LogP contribution in [0.1, 0.15) is 37.3 Å². The van der Waals surface area contributed by atoms with E-state index in [1.165, 1.54) is 18.2 Å². The van der Waals surface area contributed by atoms with Crippen molar-refractivity contribution in [1.82, 2.24) is 15.2 Å². The van der Waals surface area contributed by atoms with Crippen molar-refractivity contribution in [3.63, 3.8) is 0 Å². The van der Waals surface area contributed by atoms with Gasteiger partial charge in [0, 0.05) is 30.7 Å². The molecule has 4 aromatic rings. The molecule has 2 unspecified atom stereocenters. The van der Waals surface area contributed by atoms with Crippen molar-refractivity contribution >= 4 is 17.1 Å². The van der Waals surface area contributed by atoms with Gasteiger partial charge in [0.15, 0.2) is 5.58 Å². The quantitative estimate of drug-likeness (QED) is 0.210. The molecule has 224 valence electrons. The molecule has 1 aliphatic rings. The zero-order valence-electron chi connectivity index (χ0n) is 22.7. The molecule has 3 N–H and O–H groups in total. The topological polar surface area (TPSA) is 98.6 Å². The number of aromatic amines is 1. The molecule has 2 atom stereocenters. The summed E-state index contributed by atoms with van der Waals surface area (Å²) in [5.41, 5.74) is 4.37. The van der Waals surface area contributed by atoms with Crippen LogP contribution >= 0.6 is 0 Å². The number of oxazole rings is 1. The Hall–Kier alpha value is -4.03. The smallest absolute Gasteiger partial charge is 0.475 e. The van der Waals surface area contributed by atoms with E-state index in [0.29, 0.717) is 35.8 Å². The van der Waals surface area contributed by atoms with Gasteiger partial charge in [-0.05, 0) is 78.9 Å². The average molecular weight is 592 g/mol. The third-order valence-electron chi connectivity index (χ3n) is 7.17. The third kappa shape index (κ3) is 7.83. The first kappa shape index (κ1) is 30.9. The van der Waals surface area contributed by atoms with Crippen molar-refractivity contribution in [2.24, 2.45) is 0 Å². The molecule has 12 heteroatoms. The first-order valence-corrected chi connectivity index (χ1v) is 13.4. The number of halogens is 5. The SMILES string of the molecule is CCC(C1CCCN1)N(Cc1ccc(F)cc1)Cc1cc(-c2ccc3[nH]c(=O)oc3c2)ccc1F.O=C(O)C(F)(F)F. The van der Waals surface area contributed by atoms with Crippen molar-refractivity contribution in [1.29, 1.82) is 0 Å². The van der Waals surface area contributed by atoms with Crippen molar-refractivity contribution in [2.45, 2.75) is 57.5 Å². The molecule has 0 saturated carbocycles. The van der Waals surface area contributed by atoms with E-state index in [1.54, 1.807) is 30.3 Å². The highest BCUT2D eigenvalue weighted by Gasteiger charge is 2.38. The zero-order valence-corrected chi connectivity index (χ0v) is 22.7. The molecule has 1 saturated heterocycles. The molecule has 42 heavy (non-hydrogen) atoms. The van der Waals surface area contributed by atoms with Gasteiger partial charge in [-0.15, -0.1) is 0 Å². The number of H-pyrrole nitrogens is 1. The molecule has 1 fully saturated rings. The monoisotopic (exact) mass is 591 g/mol. The van der Waals surface area contributed by atoms with E-state index in [4.69, 9.17) is 14.3 Å². The Morgan fingerprint density at radius 1 is 1.05 bits per heavy atom. The zero-order chi connectivity index (χ0) is 30.4. The summed E-state index contributed by atoms with van der Waals surface area (Å²) >= 11 is 0. The van der Waals surface area contributed by atoms with Gasteiger partial charge < -0.3 is 14.8 Å². The summed E-state index contributed by atoms with van der Waals surface area (Å²) in [5.74, 6) is -3.79. The summed E-state index contributed by atoms with van der Waals surface area (Å²) in [5, 5.41) is 10.7.